The van der Waals surface area contributed by atoms with Crippen LogP contribution in [0.3, 0.4) is 0 Å². The fraction of sp³-hybridized carbons (Fsp3) is 0.556. The predicted molar refractivity (Wildman–Crippen MR) is 46.3 cm³/mol. The van der Waals surface area contributed by atoms with Crippen LogP contribution in [-0.4, -0.2) is 21.3 Å². The maximum atomic E-state index is 10.9. The van der Waals surface area contributed by atoms with Crippen molar-refractivity contribution >= 4 is 5.97 Å². The van der Waals surface area contributed by atoms with E-state index in [0.717, 1.165) is 24.2 Å². The number of nitrogens with zero attached hydrogens (tertiary/aromatic N) is 1. The van der Waals surface area contributed by atoms with Gasteiger partial charge in [0.1, 0.15) is 0 Å². The van der Waals surface area contributed by atoms with Gasteiger partial charge in [-0.05, 0) is 25.8 Å². The fourth-order valence-electron chi connectivity index (χ4n) is 1.53. The van der Waals surface area contributed by atoms with Crippen LogP contribution in [0, 0.1) is 12.3 Å². The average molecular weight is 180 g/mol. The highest BCUT2D eigenvalue weighted by atomic mass is 16.4. The first-order valence-electron chi connectivity index (χ1n) is 4.37. The highest BCUT2D eigenvalue weighted by molar-refractivity contribution is 5.78. The van der Waals surface area contributed by atoms with Crippen molar-refractivity contribution in [2.75, 3.05) is 0 Å². The van der Waals surface area contributed by atoms with Crippen LogP contribution in [0.15, 0.2) is 6.07 Å². The first kappa shape index (κ1) is 8.29. The van der Waals surface area contributed by atoms with E-state index in [4.69, 9.17) is 5.11 Å². The van der Waals surface area contributed by atoms with Crippen LogP contribution in [0.5, 0.6) is 0 Å². The van der Waals surface area contributed by atoms with Gasteiger partial charge < -0.3 is 5.11 Å². The van der Waals surface area contributed by atoms with Crippen LogP contribution in [0.25, 0.3) is 0 Å². The monoisotopic (exact) mass is 180 g/mol. The first-order chi connectivity index (χ1) is 6.12. The van der Waals surface area contributed by atoms with Gasteiger partial charge in [0.05, 0.1) is 11.1 Å². The molecule has 2 rings (SSSR count). The number of hydrogen-bond acceptors (Lipinski definition) is 2. The number of nitrogens with one attached hydrogen (secondary N) is 1. The molecule has 1 aliphatic rings. The molecule has 0 aliphatic heterocycles. The molecule has 2 N–H and O–H groups in total. The van der Waals surface area contributed by atoms with Crippen LogP contribution in [-0.2, 0) is 11.2 Å². The second kappa shape index (κ2) is 2.58. The van der Waals surface area contributed by atoms with E-state index in [1.165, 1.54) is 0 Å². The normalized spacial score (nSPS) is 18.5. The molecule has 0 bridgehead atoms. The number of hydrogen-bond donors (Lipinski definition) is 2. The Morgan fingerprint density at radius 3 is 2.85 bits per heavy atom. The van der Waals surface area contributed by atoms with E-state index in [1.54, 1.807) is 0 Å². The van der Waals surface area contributed by atoms with Crippen LogP contribution in [0.4, 0.5) is 0 Å². The number of aliphatic carboxylic acids is 1. The van der Waals surface area contributed by atoms with Gasteiger partial charge in [-0.3, -0.25) is 9.89 Å². The van der Waals surface area contributed by atoms with Gasteiger partial charge in [0.25, 0.3) is 0 Å². The smallest absolute Gasteiger partial charge is 0.310 e. The Morgan fingerprint density at radius 2 is 2.46 bits per heavy atom. The quantitative estimate of drug-likeness (QED) is 0.732. The van der Waals surface area contributed by atoms with Crippen molar-refractivity contribution in [1.82, 2.24) is 10.2 Å². The number of carboxylic acids is 1. The van der Waals surface area contributed by atoms with Gasteiger partial charge in [-0.15, -0.1) is 0 Å². The second-order valence-corrected chi connectivity index (χ2v) is 3.80. The molecule has 0 spiro atoms. The molecule has 0 saturated heterocycles. The van der Waals surface area contributed by atoms with E-state index in [1.807, 2.05) is 13.0 Å². The van der Waals surface area contributed by atoms with Crippen LogP contribution < -0.4 is 0 Å². The van der Waals surface area contributed by atoms with Gasteiger partial charge in [-0.25, -0.2) is 0 Å². The summed E-state index contributed by atoms with van der Waals surface area (Å²) in [5.41, 5.74) is 1.34. The Morgan fingerprint density at radius 1 is 1.77 bits per heavy atom. The van der Waals surface area contributed by atoms with E-state index >= 15 is 0 Å². The molecule has 0 atom stereocenters. The Balaban J connectivity index is 2.10. The molecule has 0 aromatic carbocycles. The largest absolute Gasteiger partial charge is 0.481 e. The molecule has 70 valence electrons. The Labute approximate surface area is 76.0 Å². The van der Waals surface area contributed by atoms with Crippen LogP contribution >= 0.6 is 0 Å². The highest BCUT2D eigenvalue weighted by Gasteiger charge is 2.50. The number of rotatable bonds is 3. The lowest BCUT2D eigenvalue weighted by Gasteiger charge is -2.05. The van der Waals surface area contributed by atoms with Crippen molar-refractivity contribution in [1.29, 1.82) is 0 Å². The van der Waals surface area contributed by atoms with Gasteiger partial charge in [0.2, 0.25) is 0 Å². The minimum atomic E-state index is -0.687. The molecule has 1 fully saturated rings. The zero-order chi connectivity index (χ0) is 9.47. The van der Waals surface area contributed by atoms with Gasteiger partial charge >= 0.3 is 5.97 Å². The van der Waals surface area contributed by atoms with Crippen molar-refractivity contribution < 1.29 is 9.90 Å². The summed E-state index contributed by atoms with van der Waals surface area (Å²) in [6.07, 6.45) is 2.13. The number of aromatic nitrogens is 2. The van der Waals surface area contributed by atoms with Crippen molar-refractivity contribution in [3.05, 3.63) is 17.5 Å². The third-order valence-corrected chi connectivity index (χ3v) is 2.59. The van der Waals surface area contributed by atoms with Crippen LogP contribution in [0.2, 0.25) is 0 Å². The minimum Gasteiger partial charge on any atom is -0.481 e. The molecule has 1 aromatic rings. The molecule has 1 aromatic heterocycles. The molecular formula is C9H12N2O2. The summed E-state index contributed by atoms with van der Waals surface area (Å²) in [5.74, 6) is -0.687. The van der Waals surface area contributed by atoms with E-state index < -0.39 is 11.4 Å². The molecule has 4 heteroatoms. The lowest BCUT2D eigenvalue weighted by molar-refractivity contribution is -0.143. The SMILES string of the molecule is Cc1cc(CC2(C(=O)O)CC2)n[nH]1. The third-order valence-electron chi connectivity index (χ3n) is 2.59. The fourth-order valence-corrected chi connectivity index (χ4v) is 1.53. The summed E-state index contributed by atoms with van der Waals surface area (Å²) in [4.78, 5) is 10.9. The van der Waals surface area contributed by atoms with E-state index in [2.05, 4.69) is 10.2 Å². The first-order valence-corrected chi connectivity index (χ1v) is 4.37. The summed E-state index contributed by atoms with van der Waals surface area (Å²) in [5, 5.41) is 15.8. The summed E-state index contributed by atoms with van der Waals surface area (Å²) in [7, 11) is 0. The van der Waals surface area contributed by atoms with E-state index in [-0.39, 0.29) is 0 Å². The van der Waals surface area contributed by atoms with Gasteiger partial charge in [-0.1, -0.05) is 0 Å². The standard InChI is InChI=1S/C9H12N2O2/c1-6-4-7(11-10-6)5-9(2-3-9)8(12)13/h4H,2-3,5H2,1H3,(H,10,11)(H,12,13). The lowest BCUT2D eigenvalue weighted by Crippen LogP contribution is -2.17. The molecule has 0 radical (unpaired) electrons. The minimum absolute atomic E-state index is 0.498. The molecule has 4 nitrogen and oxygen atoms in total. The summed E-state index contributed by atoms with van der Waals surface area (Å²) >= 11 is 0. The molecule has 13 heavy (non-hydrogen) atoms. The zero-order valence-corrected chi connectivity index (χ0v) is 7.50. The number of aryl methyl sites for hydroxylation is 1. The van der Waals surface area contributed by atoms with Crippen molar-refractivity contribution in [2.24, 2.45) is 5.41 Å². The topological polar surface area (TPSA) is 66.0 Å². The van der Waals surface area contributed by atoms with Gasteiger partial charge in [0.15, 0.2) is 0 Å². The van der Waals surface area contributed by atoms with Gasteiger partial charge in [0, 0.05) is 12.1 Å². The molecule has 1 heterocycles. The number of carbonyl (C=O) groups is 1. The second-order valence-electron chi connectivity index (χ2n) is 3.80. The summed E-state index contributed by atoms with van der Waals surface area (Å²) in [6.45, 7) is 1.91. The Bertz CT molecular complexity index is 339. The average Bonchev–Trinajstić information content (AvgIpc) is 2.72. The molecule has 1 saturated carbocycles. The lowest BCUT2D eigenvalue weighted by atomic mass is 10.0. The highest BCUT2D eigenvalue weighted by Crippen LogP contribution is 2.48. The third kappa shape index (κ3) is 1.43. The maximum Gasteiger partial charge on any atom is 0.310 e. The van der Waals surface area contributed by atoms with Gasteiger partial charge in [-0.2, -0.15) is 5.10 Å². The molecule has 1 aliphatic carbocycles. The summed E-state index contributed by atoms with van der Waals surface area (Å²) in [6, 6.07) is 1.91. The molecule has 0 amide bonds. The number of H-pyrrole nitrogens is 1. The van der Waals surface area contributed by atoms with E-state index in [9.17, 15) is 4.79 Å². The molecule has 0 unspecified atom stereocenters. The van der Waals surface area contributed by atoms with Crippen molar-refractivity contribution in [3.63, 3.8) is 0 Å². The zero-order valence-electron chi connectivity index (χ0n) is 7.50. The number of aromatic amines is 1. The van der Waals surface area contributed by atoms with Crippen LogP contribution in [0.1, 0.15) is 24.2 Å². The predicted octanol–water partition coefficient (Wildman–Crippen LogP) is 1.13. The summed E-state index contributed by atoms with van der Waals surface area (Å²) < 4.78 is 0. The molecular weight excluding hydrogens is 168 g/mol. The van der Waals surface area contributed by atoms with E-state index in [0.29, 0.717) is 6.42 Å². The van der Waals surface area contributed by atoms with Crippen molar-refractivity contribution in [2.45, 2.75) is 26.2 Å². The maximum absolute atomic E-state index is 10.9. The van der Waals surface area contributed by atoms with Crippen molar-refractivity contribution in [3.8, 4) is 0 Å². The Kier molecular flexibility index (Phi) is 1.65. The number of carboxylic acid groups (broad SMARTS) is 1. The Hall–Kier alpha value is -1.32.